The minimum Gasteiger partial charge on any atom is -0.507 e. The smallest absolute Gasteiger partial charge is 0.343 e. The molecule has 0 radical (unpaired) electrons. The lowest BCUT2D eigenvalue weighted by Crippen LogP contribution is -2.12. The van der Waals surface area contributed by atoms with Gasteiger partial charge in [-0.3, -0.25) is 4.99 Å². The highest BCUT2D eigenvalue weighted by Gasteiger charge is 2.12. The molecular weight excluding hydrogens is 562 g/mol. The van der Waals surface area contributed by atoms with Crippen molar-refractivity contribution in [3.8, 4) is 23.0 Å². The number of aliphatic imine (C=N–C) groups is 1. The van der Waals surface area contributed by atoms with Gasteiger partial charge in [-0.25, -0.2) is 4.79 Å². The summed E-state index contributed by atoms with van der Waals surface area (Å²) in [5, 5.41) is 10.5. The molecular formula is C39H53NO5. The molecule has 0 bridgehead atoms. The maximum absolute atomic E-state index is 12.7. The summed E-state index contributed by atoms with van der Waals surface area (Å²) in [4.78, 5) is 17.2. The van der Waals surface area contributed by atoms with E-state index in [1.165, 1.54) is 70.3 Å². The molecule has 3 rings (SSSR count). The maximum atomic E-state index is 12.7. The van der Waals surface area contributed by atoms with Gasteiger partial charge in [0.15, 0.2) is 0 Å². The van der Waals surface area contributed by atoms with E-state index in [2.05, 4.69) is 32.7 Å². The maximum Gasteiger partial charge on any atom is 0.343 e. The van der Waals surface area contributed by atoms with Crippen LogP contribution in [0.15, 0.2) is 71.7 Å². The van der Waals surface area contributed by atoms with Crippen LogP contribution >= 0.6 is 0 Å². The van der Waals surface area contributed by atoms with Crippen molar-refractivity contribution in [2.24, 2.45) is 4.99 Å². The average Bonchev–Trinajstić information content (AvgIpc) is 3.03. The van der Waals surface area contributed by atoms with Crippen molar-refractivity contribution in [3.63, 3.8) is 0 Å². The van der Waals surface area contributed by atoms with E-state index < -0.39 is 5.97 Å². The SMILES string of the molecule is CCCCCCCCC[C@@H](C)Oc1ccc(C(=O)Oc2ccc(C=Nc3ccc(O[C@H](C)CCCCCC)cc3)c(O)c2)cc1. The lowest BCUT2D eigenvalue weighted by atomic mass is 10.1. The Kier molecular flexibility index (Phi) is 16.1. The van der Waals surface area contributed by atoms with Crippen molar-refractivity contribution in [2.45, 2.75) is 123 Å². The zero-order chi connectivity index (χ0) is 32.3. The molecule has 0 fully saturated rings. The van der Waals surface area contributed by atoms with Gasteiger partial charge in [-0.1, -0.05) is 71.6 Å². The Labute approximate surface area is 270 Å². The van der Waals surface area contributed by atoms with Crippen molar-refractivity contribution in [3.05, 3.63) is 77.9 Å². The fourth-order valence-corrected chi connectivity index (χ4v) is 5.12. The van der Waals surface area contributed by atoms with E-state index in [9.17, 15) is 9.90 Å². The molecule has 0 heterocycles. The van der Waals surface area contributed by atoms with Crippen LogP contribution in [0.5, 0.6) is 23.0 Å². The Morgan fingerprint density at radius 1 is 0.689 bits per heavy atom. The summed E-state index contributed by atoms with van der Waals surface area (Å²) < 4.78 is 17.6. The molecule has 6 heteroatoms. The molecule has 3 aromatic carbocycles. The number of nitrogens with zero attached hydrogens (tertiary/aromatic N) is 1. The predicted molar refractivity (Wildman–Crippen MR) is 185 cm³/mol. The Balaban J connectivity index is 1.43. The van der Waals surface area contributed by atoms with E-state index in [0.29, 0.717) is 11.1 Å². The number of carbonyl (C=O) groups is 1. The molecule has 0 spiro atoms. The normalized spacial score (nSPS) is 12.6. The second-order valence-electron chi connectivity index (χ2n) is 12.0. The number of benzene rings is 3. The number of carbonyl (C=O) groups excluding carboxylic acids is 1. The van der Waals surface area contributed by atoms with Gasteiger partial charge in [-0.15, -0.1) is 0 Å². The fraction of sp³-hybridized carbons (Fsp3) is 0.487. The molecule has 45 heavy (non-hydrogen) atoms. The molecule has 0 aliphatic carbocycles. The third-order valence-electron chi connectivity index (χ3n) is 7.84. The van der Waals surface area contributed by atoms with E-state index in [0.717, 1.165) is 36.4 Å². The second kappa shape index (κ2) is 20.3. The standard InChI is InChI=1S/C39H53NO5/c1-5-7-9-11-12-13-15-17-31(4)43-35-23-18-32(19-24-35)39(42)45-37-25-20-33(38(41)28-37)29-40-34-21-26-36(27-22-34)44-30(3)16-14-10-8-6-2/h18-31,41H,5-17H2,1-4H3/t30-,31-/m1/s1. The van der Waals surface area contributed by atoms with Gasteiger partial charge in [0.25, 0.3) is 0 Å². The highest BCUT2D eigenvalue weighted by atomic mass is 16.5. The Morgan fingerprint density at radius 2 is 1.18 bits per heavy atom. The first-order valence-electron chi connectivity index (χ1n) is 17.0. The Hall–Kier alpha value is -3.80. The molecule has 244 valence electrons. The predicted octanol–water partition coefficient (Wildman–Crippen LogP) is 11.0. The van der Waals surface area contributed by atoms with Crippen LogP contribution in [0.25, 0.3) is 0 Å². The van der Waals surface area contributed by atoms with Crippen LogP contribution in [-0.4, -0.2) is 29.5 Å². The van der Waals surface area contributed by atoms with E-state index in [1.54, 1.807) is 42.6 Å². The van der Waals surface area contributed by atoms with Gasteiger partial charge in [0, 0.05) is 17.8 Å². The number of phenolic OH excluding ortho intramolecular Hbond substituents is 1. The molecule has 0 unspecified atom stereocenters. The molecule has 6 nitrogen and oxygen atoms in total. The highest BCUT2D eigenvalue weighted by molar-refractivity contribution is 5.91. The molecule has 0 saturated carbocycles. The summed E-state index contributed by atoms with van der Waals surface area (Å²) in [6.45, 7) is 8.65. The number of esters is 1. The first-order valence-corrected chi connectivity index (χ1v) is 17.0. The van der Waals surface area contributed by atoms with E-state index in [4.69, 9.17) is 14.2 Å². The molecule has 3 aromatic rings. The quantitative estimate of drug-likeness (QED) is 0.0558. The fourth-order valence-electron chi connectivity index (χ4n) is 5.12. The summed E-state index contributed by atoms with van der Waals surface area (Å²) in [6.07, 6.45) is 17.8. The van der Waals surface area contributed by atoms with Crippen LogP contribution in [0.4, 0.5) is 5.69 Å². The molecule has 0 aliphatic heterocycles. The zero-order valence-electron chi connectivity index (χ0n) is 27.8. The summed E-state index contributed by atoms with van der Waals surface area (Å²) in [6, 6.07) is 19.3. The van der Waals surface area contributed by atoms with Crippen LogP contribution in [0.3, 0.4) is 0 Å². The van der Waals surface area contributed by atoms with Gasteiger partial charge in [-0.2, -0.15) is 0 Å². The molecule has 0 saturated heterocycles. The third-order valence-corrected chi connectivity index (χ3v) is 7.84. The minimum absolute atomic E-state index is 0.0282. The lowest BCUT2D eigenvalue weighted by Gasteiger charge is -2.15. The van der Waals surface area contributed by atoms with Gasteiger partial charge in [0.1, 0.15) is 23.0 Å². The van der Waals surface area contributed by atoms with Crippen molar-refractivity contribution in [2.75, 3.05) is 0 Å². The lowest BCUT2D eigenvalue weighted by molar-refractivity contribution is 0.0734. The van der Waals surface area contributed by atoms with Gasteiger partial charge >= 0.3 is 5.97 Å². The Morgan fingerprint density at radius 3 is 1.73 bits per heavy atom. The van der Waals surface area contributed by atoms with Crippen LogP contribution in [0.1, 0.15) is 127 Å². The van der Waals surface area contributed by atoms with Crippen LogP contribution < -0.4 is 14.2 Å². The third kappa shape index (κ3) is 13.8. The molecule has 0 aromatic heterocycles. The number of aromatic hydroxyl groups is 1. The van der Waals surface area contributed by atoms with Crippen molar-refractivity contribution in [1.29, 1.82) is 0 Å². The summed E-state index contributed by atoms with van der Waals surface area (Å²) in [5.74, 6) is 1.28. The van der Waals surface area contributed by atoms with Crippen LogP contribution in [-0.2, 0) is 0 Å². The summed E-state index contributed by atoms with van der Waals surface area (Å²) in [5.41, 5.74) is 1.67. The summed E-state index contributed by atoms with van der Waals surface area (Å²) in [7, 11) is 0. The van der Waals surface area contributed by atoms with E-state index >= 15 is 0 Å². The van der Waals surface area contributed by atoms with Gasteiger partial charge < -0.3 is 19.3 Å². The van der Waals surface area contributed by atoms with E-state index in [-0.39, 0.29) is 23.7 Å². The van der Waals surface area contributed by atoms with Crippen LogP contribution in [0.2, 0.25) is 0 Å². The van der Waals surface area contributed by atoms with Gasteiger partial charge in [0.05, 0.1) is 23.5 Å². The Bertz CT molecular complexity index is 1290. The van der Waals surface area contributed by atoms with Crippen molar-refractivity contribution < 1.29 is 24.1 Å². The number of hydrogen-bond donors (Lipinski definition) is 1. The number of phenols is 1. The minimum atomic E-state index is -0.504. The number of rotatable bonds is 21. The topological polar surface area (TPSA) is 77.4 Å². The number of ether oxygens (including phenoxy) is 3. The van der Waals surface area contributed by atoms with E-state index in [1.807, 2.05) is 24.3 Å². The monoisotopic (exact) mass is 615 g/mol. The molecule has 0 aliphatic rings. The molecule has 1 N–H and O–H groups in total. The van der Waals surface area contributed by atoms with Crippen LogP contribution in [0, 0.1) is 0 Å². The van der Waals surface area contributed by atoms with Gasteiger partial charge in [0.2, 0.25) is 0 Å². The average molecular weight is 616 g/mol. The second-order valence-corrected chi connectivity index (χ2v) is 12.0. The molecule has 2 atom stereocenters. The van der Waals surface area contributed by atoms with Crippen molar-refractivity contribution in [1.82, 2.24) is 0 Å². The zero-order valence-corrected chi connectivity index (χ0v) is 27.8. The number of unbranched alkanes of at least 4 members (excludes halogenated alkanes) is 9. The van der Waals surface area contributed by atoms with Gasteiger partial charge in [-0.05, 0) is 100 Å². The largest absolute Gasteiger partial charge is 0.507 e. The molecule has 0 amide bonds. The summed E-state index contributed by atoms with van der Waals surface area (Å²) >= 11 is 0. The highest BCUT2D eigenvalue weighted by Crippen LogP contribution is 2.26. The number of hydrogen-bond acceptors (Lipinski definition) is 6. The van der Waals surface area contributed by atoms with Crippen molar-refractivity contribution >= 4 is 17.9 Å². The first-order chi connectivity index (χ1) is 21.9. The first kappa shape index (κ1) is 35.7.